The summed E-state index contributed by atoms with van der Waals surface area (Å²) in [6.45, 7) is 5.25. The molecular weight excluding hydrogens is 212 g/mol. The van der Waals surface area contributed by atoms with E-state index in [9.17, 15) is 0 Å². The van der Waals surface area contributed by atoms with Crippen molar-refractivity contribution in [2.24, 2.45) is 5.92 Å². The normalized spacial score (nSPS) is 42.3. The summed E-state index contributed by atoms with van der Waals surface area (Å²) in [5, 5.41) is 12.8. The van der Waals surface area contributed by atoms with Crippen LogP contribution in [0.4, 0.5) is 0 Å². The van der Waals surface area contributed by atoms with Crippen LogP contribution < -0.4 is 5.32 Å². The topological polar surface area (TPSA) is 45.0 Å². The van der Waals surface area contributed by atoms with Gasteiger partial charge in [-0.1, -0.05) is 13.3 Å². The van der Waals surface area contributed by atoms with E-state index in [1.165, 1.54) is 12.8 Å². The first-order valence-electron chi connectivity index (χ1n) is 6.96. The second-order valence-electron chi connectivity index (χ2n) is 5.78. The van der Waals surface area contributed by atoms with Crippen LogP contribution in [0, 0.1) is 17.2 Å². The molecule has 3 heteroatoms. The monoisotopic (exact) mass is 236 g/mol. The van der Waals surface area contributed by atoms with E-state index in [1.807, 2.05) is 0 Å². The van der Waals surface area contributed by atoms with E-state index in [-0.39, 0.29) is 11.5 Å². The fourth-order valence-corrected chi connectivity index (χ4v) is 3.14. The SMILES string of the molecule is CCC1(C)CC(NC2CCCC2C#N)CCO1. The van der Waals surface area contributed by atoms with Crippen LogP contribution in [0.5, 0.6) is 0 Å². The van der Waals surface area contributed by atoms with Gasteiger partial charge in [-0.05, 0) is 39.0 Å². The Morgan fingerprint density at radius 1 is 1.41 bits per heavy atom. The third-order valence-corrected chi connectivity index (χ3v) is 4.47. The molecule has 1 heterocycles. The van der Waals surface area contributed by atoms with Crippen LogP contribution in [-0.4, -0.2) is 24.3 Å². The maximum absolute atomic E-state index is 9.10. The molecule has 96 valence electrons. The largest absolute Gasteiger partial charge is 0.375 e. The zero-order valence-corrected chi connectivity index (χ0v) is 11.0. The number of rotatable bonds is 3. The fraction of sp³-hybridized carbons (Fsp3) is 0.929. The predicted molar refractivity (Wildman–Crippen MR) is 67.5 cm³/mol. The molecule has 0 aromatic rings. The molecule has 0 radical (unpaired) electrons. The van der Waals surface area contributed by atoms with E-state index in [1.54, 1.807) is 0 Å². The molecule has 1 aliphatic carbocycles. The van der Waals surface area contributed by atoms with Gasteiger partial charge in [-0.15, -0.1) is 0 Å². The van der Waals surface area contributed by atoms with E-state index >= 15 is 0 Å². The van der Waals surface area contributed by atoms with Crippen LogP contribution in [0.2, 0.25) is 0 Å². The molecule has 2 rings (SSSR count). The van der Waals surface area contributed by atoms with Crippen LogP contribution >= 0.6 is 0 Å². The van der Waals surface area contributed by atoms with Gasteiger partial charge < -0.3 is 10.1 Å². The molecule has 1 aliphatic heterocycles. The minimum Gasteiger partial charge on any atom is -0.375 e. The van der Waals surface area contributed by atoms with E-state index in [2.05, 4.69) is 25.2 Å². The van der Waals surface area contributed by atoms with Gasteiger partial charge >= 0.3 is 0 Å². The van der Waals surface area contributed by atoms with Crippen molar-refractivity contribution in [3.8, 4) is 6.07 Å². The molecule has 17 heavy (non-hydrogen) atoms. The summed E-state index contributed by atoms with van der Waals surface area (Å²) in [6.07, 6.45) is 6.67. The van der Waals surface area contributed by atoms with Gasteiger partial charge in [-0.25, -0.2) is 0 Å². The minimum absolute atomic E-state index is 0.0384. The molecule has 2 fully saturated rings. The van der Waals surface area contributed by atoms with Gasteiger partial charge in [0.2, 0.25) is 0 Å². The Morgan fingerprint density at radius 3 is 2.94 bits per heavy atom. The van der Waals surface area contributed by atoms with Crippen LogP contribution in [0.25, 0.3) is 0 Å². The quantitative estimate of drug-likeness (QED) is 0.819. The van der Waals surface area contributed by atoms with Crippen LogP contribution in [0.3, 0.4) is 0 Å². The molecule has 0 spiro atoms. The smallest absolute Gasteiger partial charge is 0.0672 e. The number of nitrogens with one attached hydrogen (secondary N) is 1. The lowest BCUT2D eigenvalue weighted by Crippen LogP contribution is -2.49. The molecule has 2 aliphatic rings. The van der Waals surface area contributed by atoms with Crippen molar-refractivity contribution in [2.75, 3.05) is 6.61 Å². The molecule has 0 bridgehead atoms. The van der Waals surface area contributed by atoms with Crippen molar-refractivity contribution in [1.82, 2.24) is 5.32 Å². The molecule has 1 saturated heterocycles. The second kappa shape index (κ2) is 5.37. The van der Waals surface area contributed by atoms with Gasteiger partial charge in [-0.2, -0.15) is 5.26 Å². The highest BCUT2D eigenvalue weighted by Gasteiger charge is 2.35. The zero-order chi connectivity index (χ0) is 12.3. The van der Waals surface area contributed by atoms with Crippen molar-refractivity contribution >= 4 is 0 Å². The van der Waals surface area contributed by atoms with Crippen molar-refractivity contribution in [3.05, 3.63) is 0 Å². The lowest BCUT2D eigenvalue weighted by atomic mass is 9.89. The van der Waals surface area contributed by atoms with Gasteiger partial charge in [0.1, 0.15) is 0 Å². The van der Waals surface area contributed by atoms with Gasteiger partial charge in [0, 0.05) is 18.7 Å². The molecule has 4 atom stereocenters. The Balaban J connectivity index is 1.89. The first-order chi connectivity index (χ1) is 8.17. The molecule has 0 aromatic heterocycles. The van der Waals surface area contributed by atoms with Crippen molar-refractivity contribution in [3.63, 3.8) is 0 Å². The van der Waals surface area contributed by atoms with Crippen molar-refractivity contribution in [1.29, 1.82) is 5.26 Å². The number of hydrogen-bond acceptors (Lipinski definition) is 3. The number of nitrogens with zero attached hydrogens (tertiary/aromatic N) is 1. The van der Waals surface area contributed by atoms with E-state index in [0.717, 1.165) is 32.3 Å². The molecule has 1 saturated carbocycles. The average Bonchev–Trinajstić information content (AvgIpc) is 2.76. The average molecular weight is 236 g/mol. The highest BCUT2D eigenvalue weighted by Crippen LogP contribution is 2.31. The maximum Gasteiger partial charge on any atom is 0.0672 e. The lowest BCUT2D eigenvalue weighted by Gasteiger charge is -2.39. The zero-order valence-electron chi connectivity index (χ0n) is 11.0. The molecule has 1 N–H and O–H groups in total. The van der Waals surface area contributed by atoms with Crippen LogP contribution in [0.15, 0.2) is 0 Å². The third kappa shape index (κ3) is 3.00. The van der Waals surface area contributed by atoms with Crippen molar-refractivity contribution in [2.45, 2.75) is 70.1 Å². The fourth-order valence-electron chi connectivity index (χ4n) is 3.14. The Labute approximate surface area is 105 Å². The number of ether oxygens (including phenoxy) is 1. The minimum atomic E-state index is 0.0384. The Morgan fingerprint density at radius 2 is 2.24 bits per heavy atom. The standard InChI is InChI=1S/C14H24N2O/c1-3-14(2)9-12(7-8-17-14)16-13-6-4-5-11(13)10-15/h11-13,16H,3-9H2,1-2H3. The number of nitriles is 1. The van der Waals surface area contributed by atoms with E-state index in [4.69, 9.17) is 10.00 Å². The van der Waals surface area contributed by atoms with Gasteiger partial charge in [0.25, 0.3) is 0 Å². The van der Waals surface area contributed by atoms with Gasteiger partial charge in [-0.3, -0.25) is 0 Å². The van der Waals surface area contributed by atoms with E-state index < -0.39 is 0 Å². The maximum atomic E-state index is 9.10. The Bertz CT molecular complexity index is 299. The molecule has 4 unspecified atom stereocenters. The predicted octanol–water partition coefficient (Wildman–Crippen LogP) is 2.62. The number of hydrogen-bond donors (Lipinski definition) is 1. The summed E-state index contributed by atoms with van der Waals surface area (Å²) >= 11 is 0. The van der Waals surface area contributed by atoms with Crippen molar-refractivity contribution < 1.29 is 4.74 Å². The molecule has 0 amide bonds. The summed E-state index contributed by atoms with van der Waals surface area (Å²) in [4.78, 5) is 0. The van der Waals surface area contributed by atoms with Gasteiger partial charge in [0.05, 0.1) is 17.6 Å². The van der Waals surface area contributed by atoms with Crippen LogP contribution in [0.1, 0.15) is 52.4 Å². The Hall–Kier alpha value is -0.590. The molecular formula is C14H24N2O. The summed E-state index contributed by atoms with van der Waals surface area (Å²) in [5.41, 5.74) is 0.0384. The summed E-state index contributed by atoms with van der Waals surface area (Å²) in [6, 6.07) is 3.40. The highest BCUT2D eigenvalue weighted by atomic mass is 16.5. The lowest BCUT2D eigenvalue weighted by molar-refractivity contribution is -0.0793. The van der Waals surface area contributed by atoms with Gasteiger partial charge in [0.15, 0.2) is 0 Å². The Kier molecular flexibility index (Phi) is 4.06. The van der Waals surface area contributed by atoms with Crippen LogP contribution in [-0.2, 0) is 4.74 Å². The first kappa shape index (κ1) is 12.9. The van der Waals surface area contributed by atoms with E-state index in [0.29, 0.717) is 12.1 Å². The first-order valence-corrected chi connectivity index (χ1v) is 6.96. The summed E-state index contributed by atoms with van der Waals surface area (Å²) in [5.74, 6) is 0.228. The molecule has 0 aromatic carbocycles. The highest BCUT2D eigenvalue weighted by molar-refractivity contribution is 4.98. The third-order valence-electron chi connectivity index (χ3n) is 4.47. The second-order valence-corrected chi connectivity index (χ2v) is 5.78. The summed E-state index contributed by atoms with van der Waals surface area (Å²) < 4.78 is 5.86. The summed E-state index contributed by atoms with van der Waals surface area (Å²) in [7, 11) is 0. The molecule has 3 nitrogen and oxygen atoms in total.